The van der Waals surface area contributed by atoms with Crippen LogP contribution in [0.5, 0.6) is 0 Å². The van der Waals surface area contributed by atoms with Gasteiger partial charge in [0.2, 0.25) is 11.8 Å². The van der Waals surface area contributed by atoms with Gasteiger partial charge in [-0.1, -0.05) is 19.1 Å². The van der Waals surface area contributed by atoms with E-state index in [1.165, 1.54) is 30.5 Å². The van der Waals surface area contributed by atoms with E-state index in [9.17, 15) is 9.59 Å². The van der Waals surface area contributed by atoms with Gasteiger partial charge in [0, 0.05) is 30.2 Å². The van der Waals surface area contributed by atoms with Crippen molar-refractivity contribution in [3.05, 3.63) is 54.1 Å². The molecule has 5 nitrogen and oxygen atoms in total. The summed E-state index contributed by atoms with van der Waals surface area (Å²) in [5, 5.41) is 5.72. The van der Waals surface area contributed by atoms with Crippen LogP contribution in [0.2, 0.25) is 0 Å². The monoisotopic (exact) mass is 393 g/mol. The highest BCUT2D eigenvalue weighted by atomic mass is 16.2. The molecule has 2 N–H and O–H groups in total. The zero-order valence-corrected chi connectivity index (χ0v) is 17.6. The molecule has 1 fully saturated rings. The Morgan fingerprint density at radius 1 is 0.828 bits per heavy atom. The van der Waals surface area contributed by atoms with Crippen molar-refractivity contribution in [2.75, 3.05) is 28.6 Å². The molecule has 2 amide bonds. The summed E-state index contributed by atoms with van der Waals surface area (Å²) in [6.07, 6.45) is 4.69. The lowest BCUT2D eigenvalue weighted by atomic mass is 9.90. The van der Waals surface area contributed by atoms with Crippen molar-refractivity contribution in [2.45, 2.75) is 46.5 Å². The zero-order chi connectivity index (χ0) is 20.9. The van der Waals surface area contributed by atoms with Crippen molar-refractivity contribution in [3.63, 3.8) is 0 Å². The topological polar surface area (TPSA) is 61.4 Å². The smallest absolute Gasteiger partial charge is 0.239 e. The summed E-state index contributed by atoms with van der Waals surface area (Å²) in [6.45, 7) is 7.52. The van der Waals surface area contributed by atoms with Crippen LogP contribution in [0.3, 0.4) is 0 Å². The number of hydrogen-bond acceptors (Lipinski definition) is 3. The third-order valence-electron chi connectivity index (χ3n) is 5.60. The van der Waals surface area contributed by atoms with E-state index in [1.54, 1.807) is 13.8 Å². The maximum Gasteiger partial charge on any atom is 0.239 e. The number of benzene rings is 2. The summed E-state index contributed by atoms with van der Waals surface area (Å²) in [7, 11) is 0. The first kappa shape index (κ1) is 20.9. The molecule has 3 rings (SSSR count). The molecule has 1 heterocycles. The number of nitrogens with one attached hydrogen (secondary N) is 2. The van der Waals surface area contributed by atoms with Crippen molar-refractivity contribution in [1.82, 2.24) is 0 Å². The minimum Gasteiger partial charge on any atom is -0.372 e. The number of nitrogens with zero attached hydrogens (tertiary/aromatic N) is 1. The van der Waals surface area contributed by atoms with Gasteiger partial charge in [-0.3, -0.25) is 9.59 Å². The number of piperidine rings is 1. The van der Waals surface area contributed by atoms with Gasteiger partial charge in [0.05, 0.1) is 0 Å². The van der Waals surface area contributed by atoms with Gasteiger partial charge < -0.3 is 15.5 Å². The maximum atomic E-state index is 12.8. The van der Waals surface area contributed by atoms with Crippen LogP contribution < -0.4 is 15.5 Å². The van der Waals surface area contributed by atoms with Crippen molar-refractivity contribution >= 4 is 28.9 Å². The molecule has 0 radical (unpaired) electrons. The van der Waals surface area contributed by atoms with Gasteiger partial charge in [-0.2, -0.15) is 0 Å². The van der Waals surface area contributed by atoms with E-state index in [1.807, 2.05) is 48.5 Å². The van der Waals surface area contributed by atoms with Gasteiger partial charge >= 0.3 is 0 Å². The average Bonchev–Trinajstić information content (AvgIpc) is 2.75. The molecule has 0 unspecified atom stereocenters. The highest BCUT2D eigenvalue weighted by molar-refractivity contribution is 6.14. The molecule has 0 atom stereocenters. The Labute approximate surface area is 173 Å². The minimum absolute atomic E-state index is 0.328. The molecule has 2 aromatic carbocycles. The van der Waals surface area contributed by atoms with Crippen molar-refractivity contribution in [1.29, 1.82) is 0 Å². The lowest BCUT2D eigenvalue weighted by Gasteiger charge is -2.29. The summed E-state index contributed by atoms with van der Waals surface area (Å²) >= 11 is 0. The summed E-state index contributed by atoms with van der Waals surface area (Å²) in [6, 6.07) is 15.6. The van der Waals surface area contributed by atoms with Crippen LogP contribution in [0.25, 0.3) is 0 Å². The summed E-state index contributed by atoms with van der Waals surface area (Å²) in [5.74, 6) is -0.657. The minimum atomic E-state index is -1.20. The van der Waals surface area contributed by atoms with Crippen LogP contribution in [-0.2, 0) is 16.0 Å². The number of hydrogen-bond donors (Lipinski definition) is 2. The van der Waals surface area contributed by atoms with Gasteiger partial charge in [-0.25, -0.2) is 0 Å². The number of anilines is 3. The first-order chi connectivity index (χ1) is 13.9. The molecule has 154 valence electrons. The molecule has 0 spiro atoms. The second-order valence-electron chi connectivity index (χ2n) is 8.18. The second-order valence-corrected chi connectivity index (χ2v) is 8.18. The third kappa shape index (κ3) is 5.17. The molecule has 0 bridgehead atoms. The molecule has 0 saturated carbocycles. The van der Waals surface area contributed by atoms with Crippen LogP contribution >= 0.6 is 0 Å². The highest BCUT2D eigenvalue weighted by Crippen LogP contribution is 2.25. The van der Waals surface area contributed by atoms with Gasteiger partial charge in [0.15, 0.2) is 0 Å². The molecule has 29 heavy (non-hydrogen) atoms. The molecular weight excluding hydrogens is 362 g/mol. The number of amides is 2. The predicted molar refractivity (Wildman–Crippen MR) is 119 cm³/mol. The van der Waals surface area contributed by atoms with Crippen molar-refractivity contribution in [3.8, 4) is 0 Å². The van der Waals surface area contributed by atoms with E-state index in [0.717, 1.165) is 19.5 Å². The van der Waals surface area contributed by atoms with E-state index >= 15 is 0 Å². The molecule has 2 aromatic rings. The Kier molecular flexibility index (Phi) is 6.57. The quantitative estimate of drug-likeness (QED) is 0.690. The van der Waals surface area contributed by atoms with Crippen LogP contribution in [0.1, 0.15) is 45.6 Å². The molecule has 5 heteroatoms. The van der Waals surface area contributed by atoms with Gasteiger partial charge in [-0.05, 0) is 81.5 Å². The number of carbonyl (C=O) groups is 2. The summed E-state index contributed by atoms with van der Waals surface area (Å²) in [5.41, 5.74) is 2.57. The van der Waals surface area contributed by atoms with E-state index in [2.05, 4.69) is 22.5 Å². The van der Waals surface area contributed by atoms with Gasteiger partial charge in [0.1, 0.15) is 5.41 Å². The first-order valence-corrected chi connectivity index (χ1v) is 10.5. The second kappa shape index (κ2) is 9.12. The normalized spacial score (nSPS) is 14.4. The SMILES string of the molecule is CCc1ccc(NC(=O)C(C)(C)C(=O)Nc2ccc(N3CCCCC3)cc2)cc1. The fourth-order valence-corrected chi connectivity index (χ4v) is 3.41. The van der Waals surface area contributed by atoms with Crippen LogP contribution in [-0.4, -0.2) is 24.9 Å². The number of aryl methyl sites for hydroxylation is 1. The molecule has 0 aromatic heterocycles. The van der Waals surface area contributed by atoms with Gasteiger partial charge in [-0.15, -0.1) is 0 Å². The number of rotatable bonds is 6. The van der Waals surface area contributed by atoms with E-state index in [0.29, 0.717) is 11.4 Å². The van der Waals surface area contributed by atoms with Crippen LogP contribution in [0, 0.1) is 5.41 Å². The van der Waals surface area contributed by atoms with Gasteiger partial charge in [0.25, 0.3) is 0 Å². The Balaban J connectivity index is 1.60. The summed E-state index contributed by atoms with van der Waals surface area (Å²) in [4.78, 5) is 27.8. The fraction of sp³-hybridized carbons (Fsp3) is 0.417. The van der Waals surface area contributed by atoms with Crippen molar-refractivity contribution < 1.29 is 9.59 Å². The standard InChI is InChI=1S/C24H31N3O2/c1-4-18-8-10-19(11-9-18)25-22(28)24(2,3)23(29)26-20-12-14-21(15-13-20)27-16-6-5-7-17-27/h8-15H,4-7,16-17H2,1-3H3,(H,25,28)(H,26,29). The largest absolute Gasteiger partial charge is 0.372 e. The maximum absolute atomic E-state index is 12.8. The highest BCUT2D eigenvalue weighted by Gasteiger charge is 2.36. The first-order valence-electron chi connectivity index (χ1n) is 10.5. The lowest BCUT2D eigenvalue weighted by molar-refractivity contribution is -0.135. The molecule has 1 aliphatic heterocycles. The molecule has 0 aliphatic carbocycles. The zero-order valence-electron chi connectivity index (χ0n) is 17.6. The van der Waals surface area contributed by atoms with E-state index in [4.69, 9.17) is 0 Å². The number of carbonyl (C=O) groups excluding carboxylic acids is 2. The Morgan fingerprint density at radius 2 is 1.31 bits per heavy atom. The molecule has 1 aliphatic rings. The van der Waals surface area contributed by atoms with E-state index in [-0.39, 0.29) is 11.8 Å². The lowest BCUT2D eigenvalue weighted by Crippen LogP contribution is -2.41. The van der Waals surface area contributed by atoms with Crippen molar-refractivity contribution in [2.24, 2.45) is 5.41 Å². The van der Waals surface area contributed by atoms with Crippen LogP contribution in [0.4, 0.5) is 17.1 Å². The summed E-state index contributed by atoms with van der Waals surface area (Å²) < 4.78 is 0. The fourth-order valence-electron chi connectivity index (χ4n) is 3.41. The Bertz CT molecular complexity index is 835. The molecular formula is C24H31N3O2. The van der Waals surface area contributed by atoms with E-state index < -0.39 is 5.41 Å². The predicted octanol–water partition coefficient (Wildman–Crippen LogP) is 4.84. The average molecular weight is 394 g/mol. The third-order valence-corrected chi connectivity index (χ3v) is 5.60. The molecule has 1 saturated heterocycles. The Morgan fingerprint density at radius 3 is 1.79 bits per heavy atom. The van der Waals surface area contributed by atoms with Crippen LogP contribution in [0.15, 0.2) is 48.5 Å². The Hall–Kier alpha value is -2.82.